The second-order valence-corrected chi connectivity index (χ2v) is 9.72. The molecular weight excluding hydrogens is 443 g/mol. The van der Waals surface area contributed by atoms with Crippen LogP contribution in [0.2, 0.25) is 0 Å². The van der Waals surface area contributed by atoms with Crippen LogP contribution in [0.25, 0.3) is 33.3 Å². The van der Waals surface area contributed by atoms with Crippen molar-refractivity contribution in [3.8, 4) is 11.4 Å². The molecule has 35 heavy (non-hydrogen) atoms. The largest absolute Gasteiger partial charge is 0.379 e. The monoisotopic (exact) mass is 474 g/mol. The maximum absolute atomic E-state index is 15.5. The number of nitrogens with zero attached hydrogens (tertiary/aromatic N) is 3. The lowest BCUT2D eigenvalue weighted by atomic mass is 9.83. The van der Waals surface area contributed by atoms with Crippen molar-refractivity contribution in [3.05, 3.63) is 52.6 Å². The van der Waals surface area contributed by atoms with E-state index in [4.69, 9.17) is 4.98 Å². The van der Waals surface area contributed by atoms with Crippen molar-refractivity contribution in [2.45, 2.75) is 32.7 Å². The Labute approximate surface area is 203 Å². The molecule has 0 radical (unpaired) electrons. The highest BCUT2D eigenvalue weighted by Gasteiger charge is 2.35. The zero-order chi connectivity index (χ0) is 24.1. The van der Waals surface area contributed by atoms with Gasteiger partial charge in [0, 0.05) is 31.1 Å². The van der Waals surface area contributed by atoms with E-state index in [9.17, 15) is 4.79 Å². The molecular formula is C27H31FN6O. The minimum atomic E-state index is -0.291. The van der Waals surface area contributed by atoms with Gasteiger partial charge in [-0.15, -0.1) is 0 Å². The molecule has 1 atom stereocenters. The lowest BCUT2D eigenvalue weighted by Crippen LogP contribution is -2.53. The molecule has 2 aromatic carbocycles. The van der Waals surface area contributed by atoms with E-state index >= 15 is 4.39 Å². The Morgan fingerprint density at radius 1 is 1.11 bits per heavy atom. The van der Waals surface area contributed by atoms with Crippen molar-refractivity contribution >= 4 is 33.3 Å². The lowest BCUT2D eigenvalue weighted by Gasteiger charge is -2.45. The van der Waals surface area contributed by atoms with Crippen LogP contribution in [-0.2, 0) is 0 Å². The molecule has 0 unspecified atom stereocenters. The first-order valence-electron chi connectivity index (χ1n) is 12.6. The SMILES string of the molecule is CCN(CC)c1cc2[nH]c(=O)c(-c3nc4ccccc4[nH]3)c(N[C@@H]3CN4CCC3CC4)c2cc1F. The van der Waals surface area contributed by atoms with Crippen molar-refractivity contribution in [2.75, 3.05) is 42.9 Å². The first-order chi connectivity index (χ1) is 17.1. The Morgan fingerprint density at radius 2 is 1.89 bits per heavy atom. The summed E-state index contributed by atoms with van der Waals surface area (Å²) in [6.07, 6.45) is 2.28. The number of piperidine rings is 3. The molecule has 2 aromatic heterocycles. The average molecular weight is 475 g/mol. The summed E-state index contributed by atoms with van der Waals surface area (Å²) in [7, 11) is 0. The van der Waals surface area contributed by atoms with Crippen LogP contribution in [0.15, 0.2) is 41.2 Å². The number of rotatable bonds is 6. The molecule has 182 valence electrons. The van der Waals surface area contributed by atoms with E-state index in [1.54, 1.807) is 12.1 Å². The van der Waals surface area contributed by atoms with Gasteiger partial charge < -0.3 is 25.1 Å². The van der Waals surface area contributed by atoms with Gasteiger partial charge in [-0.1, -0.05) is 12.1 Å². The fraction of sp³-hybridized carbons (Fsp3) is 0.407. The van der Waals surface area contributed by atoms with Crippen molar-refractivity contribution in [1.82, 2.24) is 19.9 Å². The molecule has 0 aliphatic carbocycles. The average Bonchev–Trinajstić information content (AvgIpc) is 3.30. The number of para-hydroxylation sites is 2. The standard InChI is InChI=1S/C27H31FN6O/c1-3-34(4-2)23-14-21-17(13-18(23)28)25(29-22-15-33-11-9-16(22)10-12-33)24(27(35)32-21)26-30-19-7-5-6-8-20(19)31-26/h5-8,13-14,16,22H,3-4,9-12,15H2,1-2H3,(H,30,31)(H2,29,32,35)/t22-/m1/s1. The predicted octanol–water partition coefficient (Wildman–Crippen LogP) is 4.56. The van der Waals surface area contributed by atoms with Crippen LogP contribution in [0, 0.1) is 11.7 Å². The summed E-state index contributed by atoms with van der Waals surface area (Å²) < 4.78 is 15.5. The summed E-state index contributed by atoms with van der Waals surface area (Å²) in [5, 5.41) is 4.38. The quantitative estimate of drug-likeness (QED) is 0.382. The summed E-state index contributed by atoms with van der Waals surface area (Å²) in [6.45, 7) is 8.55. The van der Waals surface area contributed by atoms with Crippen LogP contribution >= 0.6 is 0 Å². The molecule has 5 heterocycles. The third kappa shape index (κ3) is 3.76. The molecule has 0 amide bonds. The zero-order valence-electron chi connectivity index (χ0n) is 20.2. The highest BCUT2D eigenvalue weighted by Crippen LogP contribution is 2.37. The van der Waals surface area contributed by atoms with Crippen molar-refractivity contribution in [3.63, 3.8) is 0 Å². The number of benzene rings is 2. The molecule has 2 bridgehead atoms. The smallest absolute Gasteiger partial charge is 0.261 e. The number of nitrogens with one attached hydrogen (secondary N) is 3. The minimum absolute atomic E-state index is 0.205. The van der Waals surface area contributed by atoms with Gasteiger partial charge in [0.15, 0.2) is 0 Å². The highest BCUT2D eigenvalue weighted by molar-refractivity contribution is 6.00. The number of anilines is 2. The Hall–Kier alpha value is -3.39. The zero-order valence-corrected chi connectivity index (χ0v) is 20.2. The molecule has 7 rings (SSSR count). The predicted molar refractivity (Wildman–Crippen MR) is 140 cm³/mol. The third-order valence-electron chi connectivity index (χ3n) is 7.80. The van der Waals surface area contributed by atoms with Crippen LogP contribution in [-0.4, -0.2) is 58.6 Å². The third-order valence-corrected chi connectivity index (χ3v) is 7.80. The molecule has 3 fully saturated rings. The molecule has 3 aliphatic rings. The number of imidazole rings is 1. The second kappa shape index (κ2) is 8.68. The van der Waals surface area contributed by atoms with Gasteiger partial charge in [0.2, 0.25) is 0 Å². The van der Waals surface area contributed by atoms with Crippen LogP contribution in [0.3, 0.4) is 0 Å². The maximum Gasteiger partial charge on any atom is 0.261 e. The molecule has 0 saturated carbocycles. The number of aromatic amines is 2. The number of halogens is 1. The Bertz CT molecular complexity index is 1410. The summed E-state index contributed by atoms with van der Waals surface area (Å²) in [5.74, 6) is 0.741. The topological polar surface area (TPSA) is 80.0 Å². The molecule has 3 saturated heterocycles. The summed E-state index contributed by atoms with van der Waals surface area (Å²) in [5.41, 5.74) is 3.63. The second-order valence-electron chi connectivity index (χ2n) is 9.72. The van der Waals surface area contributed by atoms with Crippen LogP contribution in [0.1, 0.15) is 26.7 Å². The Morgan fingerprint density at radius 3 is 2.57 bits per heavy atom. The van der Waals surface area contributed by atoms with Gasteiger partial charge in [-0.3, -0.25) is 4.79 Å². The number of aromatic nitrogens is 3. The summed E-state index contributed by atoms with van der Waals surface area (Å²) in [4.78, 5) is 29.0. The highest BCUT2D eigenvalue weighted by atomic mass is 19.1. The van der Waals surface area contributed by atoms with Gasteiger partial charge in [0.05, 0.1) is 27.9 Å². The number of pyridine rings is 1. The van der Waals surface area contributed by atoms with Gasteiger partial charge in [-0.2, -0.15) is 0 Å². The molecule has 0 spiro atoms. The lowest BCUT2D eigenvalue weighted by molar-refractivity contribution is 0.0976. The van der Waals surface area contributed by atoms with E-state index in [-0.39, 0.29) is 17.4 Å². The summed E-state index contributed by atoms with van der Waals surface area (Å²) in [6, 6.07) is 11.3. The van der Waals surface area contributed by atoms with Gasteiger partial charge in [-0.05, 0) is 70.0 Å². The first-order valence-corrected chi connectivity index (χ1v) is 12.6. The van der Waals surface area contributed by atoms with Gasteiger partial charge in [0.1, 0.15) is 17.2 Å². The first kappa shape index (κ1) is 22.1. The summed E-state index contributed by atoms with van der Waals surface area (Å²) >= 11 is 0. The molecule has 8 heteroatoms. The van der Waals surface area contributed by atoms with Crippen LogP contribution in [0.4, 0.5) is 15.8 Å². The normalized spacial score (nSPS) is 21.6. The van der Waals surface area contributed by atoms with E-state index in [1.165, 1.54) is 0 Å². The number of hydrogen-bond acceptors (Lipinski definition) is 5. The molecule has 4 aromatic rings. The number of fused-ring (bicyclic) bond motifs is 5. The van der Waals surface area contributed by atoms with Crippen molar-refractivity contribution in [2.24, 2.45) is 5.92 Å². The Kier molecular flexibility index (Phi) is 5.48. The molecule has 7 nitrogen and oxygen atoms in total. The van der Waals surface area contributed by atoms with E-state index in [2.05, 4.69) is 20.2 Å². The van der Waals surface area contributed by atoms with E-state index in [0.29, 0.717) is 52.7 Å². The maximum atomic E-state index is 15.5. The fourth-order valence-corrected chi connectivity index (χ4v) is 5.87. The van der Waals surface area contributed by atoms with Gasteiger partial charge >= 0.3 is 0 Å². The van der Waals surface area contributed by atoms with Gasteiger partial charge in [-0.25, -0.2) is 9.37 Å². The van der Waals surface area contributed by atoms with E-state index in [0.717, 1.165) is 43.5 Å². The fourth-order valence-electron chi connectivity index (χ4n) is 5.87. The van der Waals surface area contributed by atoms with Crippen molar-refractivity contribution in [1.29, 1.82) is 0 Å². The van der Waals surface area contributed by atoms with Crippen LogP contribution in [0.5, 0.6) is 0 Å². The minimum Gasteiger partial charge on any atom is -0.379 e. The Balaban J connectivity index is 1.56. The van der Waals surface area contributed by atoms with E-state index in [1.807, 2.05) is 43.0 Å². The van der Waals surface area contributed by atoms with Crippen LogP contribution < -0.4 is 15.8 Å². The van der Waals surface area contributed by atoms with Gasteiger partial charge in [0.25, 0.3) is 5.56 Å². The van der Waals surface area contributed by atoms with E-state index < -0.39 is 0 Å². The molecule has 3 aliphatic heterocycles. The molecule has 3 N–H and O–H groups in total. The van der Waals surface area contributed by atoms with Crippen molar-refractivity contribution < 1.29 is 4.39 Å². The number of H-pyrrole nitrogens is 2. The number of hydrogen-bond donors (Lipinski definition) is 3.